The van der Waals surface area contributed by atoms with Crippen LogP contribution >= 0.6 is 24.8 Å². The molecule has 0 aromatic carbocycles. The first-order valence-corrected chi connectivity index (χ1v) is 15.1. The Hall–Kier alpha value is 0.874. The molecule has 0 atom stereocenters. The molecular formula is C14H32S2Si2. The molecule has 0 saturated heterocycles. The van der Waals surface area contributed by atoms with Gasteiger partial charge < -0.3 is 0 Å². The Morgan fingerprint density at radius 3 is 1.72 bits per heavy atom. The zero-order valence-electron chi connectivity index (χ0n) is 13.4. The van der Waals surface area contributed by atoms with Gasteiger partial charge in [-0.3, -0.25) is 0 Å². The average Bonchev–Trinajstić information content (AvgIpc) is 2.19. The summed E-state index contributed by atoms with van der Waals surface area (Å²) in [5.41, 5.74) is 0. The molecule has 0 nitrogen and oxygen atoms in total. The Morgan fingerprint density at radius 2 is 1.39 bits per heavy atom. The van der Waals surface area contributed by atoms with Crippen molar-refractivity contribution >= 4 is 45.9 Å². The van der Waals surface area contributed by atoms with Crippen LogP contribution in [-0.2, 0) is 0 Å². The molecule has 4 heteroatoms. The zero-order valence-corrected chi connectivity index (χ0v) is 17.1. The average molecular weight is 321 g/mol. The van der Waals surface area contributed by atoms with Gasteiger partial charge in [0.1, 0.15) is 0 Å². The lowest BCUT2D eigenvalue weighted by molar-refractivity contribution is 0.683. The summed E-state index contributed by atoms with van der Waals surface area (Å²) in [4.78, 5) is 1.26. The van der Waals surface area contributed by atoms with Crippen LogP contribution in [0.2, 0.25) is 39.3 Å². The van der Waals surface area contributed by atoms with Crippen LogP contribution in [-0.4, -0.2) is 25.0 Å². The highest BCUT2D eigenvalue weighted by atomic mass is 32.1. The lowest BCUT2D eigenvalue weighted by Gasteiger charge is -2.49. The molecule has 0 fully saturated rings. The van der Waals surface area contributed by atoms with Gasteiger partial charge >= 0.3 is 0 Å². The van der Waals surface area contributed by atoms with Gasteiger partial charge in [0.25, 0.3) is 0 Å². The molecule has 0 aliphatic carbocycles. The number of thiocarbonyl (C=S) groups is 1. The maximum Gasteiger partial charge on any atom is 0.0649 e. The van der Waals surface area contributed by atoms with Gasteiger partial charge in [-0.05, 0) is 12.8 Å². The van der Waals surface area contributed by atoms with Crippen LogP contribution in [0, 0.1) is 0 Å². The van der Waals surface area contributed by atoms with E-state index in [-0.39, 0.29) is 3.99 Å². The third kappa shape index (κ3) is 4.46. The van der Waals surface area contributed by atoms with Crippen molar-refractivity contribution in [1.82, 2.24) is 0 Å². The molecule has 0 aliphatic rings. The van der Waals surface area contributed by atoms with E-state index in [2.05, 4.69) is 46.2 Å². The van der Waals surface area contributed by atoms with E-state index in [1.165, 1.54) is 30.5 Å². The Bertz CT molecular complexity index is 260. The Balaban J connectivity index is 4.86. The summed E-state index contributed by atoms with van der Waals surface area (Å²) in [5, 5.41) is 0. The first kappa shape index (κ1) is 18.9. The molecule has 0 radical (unpaired) electrons. The van der Waals surface area contributed by atoms with Crippen LogP contribution in [0.3, 0.4) is 0 Å². The van der Waals surface area contributed by atoms with Gasteiger partial charge in [0.15, 0.2) is 0 Å². The summed E-state index contributed by atoms with van der Waals surface area (Å²) in [6.07, 6.45) is 6.30. The lowest BCUT2D eigenvalue weighted by atomic mass is 10.1. The third-order valence-electron chi connectivity index (χ3n) is 3.83. The molecule has 0 N–H and O–H groups in total. The van der Waals surface area contributed by atoms with Crippen molar-refractivity contribution in [2.45, 2.75) is 82.3 Å². The van der Waals surface area contributed by atoms with E-state index in [9.17, 15) is 0 Å². The summed E-state index contributed by atoms with van der Waals surface area (Å²) < 4.78 is 0.0849. The molecule has 0 amide bonds. The quantitative estimate of drug-likeness (QED) is 0.257. The Labute approximate surface area is 128 Å². The predicted octanol–water partition coefficient (Wildman–Crippen LogP) is 5.75. The van der Waals surface area contributed by atoms with E-state index in [0.29, 0.717) is 0 Å². The van der Waals surface area contributed by atoms with Crippen molar-refractivity contribution in [3.63, 3.8) is 0 Å². The van der Waals surface area contributed by atoms with Crippen molar-refractivity contribution in [2.24, 2.45) is 0 Å². The molecule has 0 aromatic heterocycles. The summed E-state index contributed by atoms with van der Waals surface area (Å²) in [7, 11) is -2.79. The highest BCUT2D eigenvalue weighted by molar-refractivity contribution is 7.92. The third-order valence-corrected chi connectivity index (χ3v) is 18.6. The molecule has 0 bridgehead atoms. The number of unbranched alkanes of at least 4 members (excludes halogenated alkanes) is 3. The van der Waals surface area contributed by atoms with E-state index < -0.39 is 16.1 Å². The standard InChI is InChI=1S/C14H32S2Si2/c1-8-9-10-11-12-13(15)14(16,17(2,3)4)18(5,6)7/h16H,8-12H2,1-7H3. The van der Waals surface area contributed by atoms with Crippen molar-refractivity contribution in [2.75, 3.05) is 0 Å². The molecule has 0 rings (SSSR count). The van der Waals surface area contributed by atoms with E-state index in [1.807, 2.05) is 0 Å². The first-order valence-electron chi connectivity index (χ1n) is 7.24. The van der Waals surface area contributed by atoms with Gasteiger partial charge in [-0.1, -0.05) is 77.7 Å². The number of rotatable bonds is 8. The second-order valence-corrected chi connectivity index (χ2v) is 20.4. The lowest BCUT2D eigenvalue weighted by Crippen LogP contribution is -2.66. The van der Waals surface area contributed by atoms with Crippen LogP contribution in [0.25, 0.3) is 0 Å². The monoisotopic (exact) mass is 320 g/mol. The fourth-order valence-corrected chi connectivity index (χ4v) is 15.9. The van der Waals surface area contributed by atoms with Gasteiger partial charge in [-0.2, -0.15) is 12.6 Å². The minimum atomic E-state index is -1.39. The minimum absolute atomic E-state index is 0.0849. The van der Waals surface area contributed by atoms with Crippen LogP contribution < -0.4 is 0 Å². The highest BCUT2D eigenvalue weighted by Crippen LogP contribution is 2.39. The van der Waals surface area contributed by atoms with Crippen LogP contribution in [0.1, 0.15) is 39.0 Å². The fraction of sp³-hybridized carbons (Fsp3) is 0.929. The largest absolute Gasteiger partial charge is 0.174 e. The smallest absolute Gasteiger partial charge is 0.0649 e. The first-order chi connectivity index (χ1) is 7.98. The Morgan fingerprint density at radius 1 is 0.944 bits per heavy atom. The molecule has 0 saturated carbocycles. The second-order valence-electron chi connectivity index (χ2n) is 7.44. The van der Waals surface area contributed by atoms with E-state index >= 15 is 0 Å². The van der Waals surface area contributed by atoms with Crippen LogP contribution in [0.15, 0.2) is 0 Å². The summed E-state index contributed by atoms with van der Waals surface area (Å²) in [6, 6.07) is 0. The van der Waals surface area contributed by atoms with Crippen molar-refractivity contribution < 1.29 is 0 Å². The summed E-state index contributed by atoms with van der Waals surface area (Å²) in [6.45, 7) is 16.8. The second kappa shape index (κ2) is 7.05. The van der Waals surface area contributed by atoms with Crippen molar-refractivity contribution in [3.05, 3.63) is 0 Å². The molecule has 108 valence electrons. The van der Waals surface area contributed by atoms with Crippen molar-refractivity contribution in [3.8, 4) is 0 Å². The van der Waals surface area contributed by atoms with Gasteiger partial charge in [0.2, 0.25) is 0 Å². The van der Waals surface area contributed by atoms with Crippen LogP contribution in [0.4, 0.5) is 0 Å². The number of thiol groups is 1. The van der Waals surface area contributed by atoms with E-state index in [1.54, 1.807) is 0 Å². The Kier molecular flexibility index (Phi) is 7.39. The van der Waals surface area contributed by atoms with Crippen molar-refractivity contribution in [1.29, 1.82) is 0 Å². The van der Waals surface area contributed by atoms with Gasteiger partial charge in [-0.15, -0.1) is 0 Å². The molecule has 0 heterocycles. The zero-order chi connectivity index (χ0) is 14.6. The SMILES string of the molecule is CCCCCCC(=S)C(S)([Si](C)(C)C)[Si](C)(C)C. The van der Waals surface area contributed by atoms with Crippen LogP contribution in [0.5, 0.6) is 0 Å². The minimum Gasteiger partial charge on any atom is -0.174 e. The molecule has 0 aliphatic heterocycles. The maximum absolute atomic E-state index is 5.83. The normalized spacial score (nSPS) is 13.8. The molecule has 0 aromatic rings. The summed E-state index contributed by atoms with van der Waals surface area (Å²) >= 11 is 11.0. The number of hydrogen-bond acceptors (Lipinski definition) is 2. The summed E-state index contributed by atoms with van der Waals surface area (Å²) in [5.74, 6) is 0. The maximum atomic E-state index is 5.83. The molecule has 0 unspecified atom stereocenters. The molecule has 0 spiro atoms. The number of hydrogen-bond donors (Lipinski definition) is 1. The topological polar surface area (TPSA) is 0 Å². The van der Waals surface area contributed by atoms with Gasteiger partial charge in [-0.25, -0.2) is 0 Å². The fourth-order valence-electron chi connectivity index (χ4n) is 2.85. The van der Waals surface area contributed by atoms with Gasteiger partial charge in [0, 0.05) is 8.86 Å². The highest BCUT2D eigenvalue weighted by Gasteiger charge is 2.52. The molecule has 18 heavy (non-hydrogen) atoms. The predicted molar refractivity (Wildman–Crippen MR) is 99.8 cm³/mol. The molecular weight excluding hydrogens is 288 g/mol. The van der Waals surface area contributed by atoms with E-state index in [4.69, 9.17) is 24.8 Å². The van der Waals surface area contributed by atoms with E-state index in [0.717, 1.165) is 6.42 Å². The van der Waals surface area contributed by atoms with Gasteiger partial charge in [0.05, 0.1) is 16.1 Å².